The lowest BCUT2D eigenvalue weighted by atomic mass is 10.2. The normalized spacial score (nSPS) is 22.5. The summed E-state index contributed by atoms with van der Waals surface area (Å²) in [6.07, 6.45) is 9.51. The molecule has 1 rings (SSSR count). The molecule has 0 aromatic carbocycles. The largest absolute Gasteiger partial charge is 0.351 e. The third-order valence-electron chi connectivity index (χ3n) is 3.56. The van der Waals surface area contributed by atoms with Crippen LogP contribution in [0.3, 0.4) is 0 Å². The molecule has 108 valence electrons. The van der Waals surface area contributed by atoms with E-state index in [4.69, 9.17) is 4.74 Å². The Kier molecular flexibility index (Phi) is 8.93. The molecule has 3 nitrogen and oxygen atoms in total. The van der Waals surface area contributed by atoms with Crippen molar-refractivity contribution >= 4 is 9.84 Å². The molecule has 1 aliphatic heterocycles. The van der Waals surface area contributed by atoms with E-state index in [1.807, 2.05) is 0 Å². The van der Waals surface area contributed by atoms with E-state index in [1.165, 1.54) is 51.6 Å². The molecule has 0 aromatic rings. The van der Waals surface area contributed by atoms with Crippen molar-refractivity contribution in [3.05, 3.63) is 0 Å². The molecule has 0 aliphatic carbocycles. The quantitative estimate of drug-likeness (QED) is 0.425. The molecule has 0 bridgehead atoms. The lowest BCUT2D eigenvalue weighted by Crippen LogP contribution is -2.67. The maximum atomic E-state index is 6.00. The third kappa shape index (κ3) is 5.39. The zero-order valence-corrected chi connectivity index (χ0v) is 14.1. The molecule has 1 fully saturated rings. The van der Waals surface area contributed by atoms with Crippen molar-refractivity contribution < 1.29 is 4.74 Å². The predicted octanol–water partition coefficient (Wildman–Crippen LogP) is 2.69. The zero-order chi connectivity index (χ0) is 13.2. The van der Waals surface area contributed by atoms with Crippen molar-refractivity contribution in [2.75, 3.05) is 19.7 Å². The first-order valence-electron chi connectivity index (χ1n) is 7.93. The molecule has 0 unspecified atom stereocenters. The summed E-state index contributed by atoms with van der Waals surface area (Å²) >= 11 is 0. The van der Waals surface area contributed by atoms with E-state index in [0.717, 1.165) is 13.0 Å². The van der Waals surface area contributed by atoms with E-state index in [0.29, 0.717) is 6.35 Å². The van der Waals surface area contributed by atoms with Crippen LogP contribution >= 0.6 is 0 Å². The molecule has 1 aliphatic rings. The maximum Gasteiger partial charge on any atom is 0.179 e. The van der Waals surface area contributed by atoms with E-state index in [-0.39, 0.29) is 9.84 Å². The second kappa shape index (κ2) is 9.95. The predicted molar refractivity (Wildman–Crippen MR) is 81.0 cm³/mol. The minimum Gasteiger partial charge on any atom is -0.351 e. The van der Waals surface area contributed by atoms with Crippen molar-refractivity contribution in [3.63, 3.8) is 0 Å². The molecule has 1 saturated heterocycles. The molecule has 0 spiro atoms. The molecule has 0 N–H and O–H groups in total. The Balaban J connectivity index is 2.22. The highest BCUT2D eigenvalue weighted by Crippen LogP contribution is 2.20. The number of unbranched alkanes of at least 4 members (excludes halogenated alkanes) is 4. The number of hydrogen-bond acceptors (Lipinski definition) is 3. The fourth-order valence-corrected chi connectivity index (χ4v) is 4.27. The Morgan fingerprint density at radius 2 is 1.39 bits per heavy atom. The molecule has 4 heteroatoms. The van der Waals surface area contributed by atoms with Crippen molar-refractivity contribution in [2.24, 2.45) is 0 Å². The Bertz CT molecular complexity index is 188. The van der Waals surface area contributed by atoms with Crippen LogP contribution in [0.2, 0.25) is 0 Å². The Morgan fingerprint density at radius 3 is 1.83 bits per heavy atom. The monoisotopic (exact) mass is 272 g/mol. The highest BCUT2D eigenvalue weighted by Gasteiger charge is 2.36. The summed E-state index contributed by atoms with van der Waals surface area (Å²) in [6, 6.07) is 0. The molecule has 18 heavy (non-hydrogen) atoms. The van der Waals surface area contributed by atoms with Crippen molar-refractivity contribution in [1.82, 2.24) is 9.13 Å². The third-order valence-corrected chi connectivity index (χ3v) is 5.54. The zero-order valence-electron chi connectivity index (χ0n) is 12.7. The van der Waals surface area contributed by atoms with Crippen molar-refractivity contribution in [3.8, 4) is 0 Å². The van der Waals surface area contributed by atoms with Crippen LogP contribution in [-0.2, 0) is 4.74 Å². The van der Waals surface area contributed by atoms with Crippen LogP contribution in [0.4, 0.5) is 0 Å². The first-order chi connectivity index (χ1) is 8.83. The van der Waals surface area contributed by atoms with Crippen LogP contribution in [0.25, 0.3) is 0 Å². The van der Waals surface area contributed by atoms with Gasteiger partial charge >= 0.3 is 0 Å². The van der Waals surface area contributed by atoms with Crippen molar-refractivity contribution in [1.29, 1.82) is 0 Å². The summed E-state index contributed by atoms with van der Waals surface area (Å²) < 4.78 is 11.2. The molecule has 0 radical (unpaired) electrons. The van der Waals surface area contributed by atoms with Gasteiger partial charge in [0.05, 0.1) is 0 Å². The lowest BCUT2D eigenvalue weighted by Gasteiger charge is -2.50. The van der Waals surface area contributed by atoms with Gasteiger partial charge in [0.1, 0.15) is 0 Å². The van der Waals surface area contributed by atoms with Gasteiger partial charge in [-0.05, 0) is 32.4 Å². The average molecular weight is 273 g/mol. The summed E-state index contributed by atoms with van der Waals surface area (Å²) in [5.41, 5.74) is 0. The Morgan fingerprint density at radius 1 is 0.833 bits per heavy atom. The first kappa shape index (κ1) is 16.2. The molecule has 0 saturated carbocycles. The van der Waals surface area contributed by atoms with E-state index < -0.39 is 0 Å². The standard InChI is InChI=1S/C14H32N2OSi/c1-4-7-9-11-15-14(17-13-6-3)16(18-15)12-10-8-5-2/h14H,4-13,18H2,1-3H3. The minimum atomic E-state index is -0.157. The molecular formula is C14H32N2OSi. The highest BCUT2D eigenvalue weighted by molar-refractivity contribution is 6.31. The maximum absolute atomic E-state index is 6.00. The summed E-state index contributed by atoms with van der Waals surface area (Å²) in [4.78, 5) is 0. The topological polar surface area (TPSA) is 15.7 Å². The van der Waals surface area contributed by atoms with Gasteiger partial charge < -0.3 is 4.74 Å². The van der Waals surface area contributed by atoms with Gasteiger partial charge in [0.2, 0.25) is 0 Å². The van der Waals surface area contributed by atoms with Crippen LogP contribution < -0.4 is 0 Å². The van der Waals surface area contributed by atoms with E-state index >= 15 is 0 Å². The average Bonchev–Trinajstić information content (AvgIpc) is 2.36. The minimum absolute atomic E-state index is 0.157. The smallest absolute Gasteiger partial charge is 0.179 e. The Hall–Kier alpha value is 0.0969. The second-order valence-electron chi connectivity index (χ2n) is 5.38. The van der Waals surface area contributed by atoms with Crippen LogP contribution in [0.15, 0.2) is 0 Å². The SMILES string of the molecule is CCCCCN1[SiH2]N(CCCCC)C1OCCC. The van der Waals surface area contributed by atoms with E-state index in [9.17, 15) is 0 Å². The molecule has 0 atom stereocenters. The van der Waals surface area contributed by atoms with Crippen molar-refractivity contribution in [2.45, 2.75) is 72.1 Å². The molecular weight excluding hydrogens is 240 g/mol. The Labute approximate surface area is 116 Å². The van der Waals surface area contributed by atoms with Gasteiger partial charge in [0.25, 0.3) is 0 Å². The number of ether oxygens (including phenoxy) is 1. The van der Waals surface area contributed by atoms with Gasteiger partial charge in [0.15, 0.2) is 16.2 Å². The molecule has 1 heterocycles. The van der Waals surface area contributed by atoms with Gasteiger partial charge in [-0.3, -0.25) is 9.13 Å². The lowest BCUT2D eigenvalue weighted by molar-refractivity contribution is -0.134. The van der Waals surface area contributed by atoms with Crippen LogP contribution in [-0.4, -0.2) is 45.0 Å². The fourth-order valence-electron chi connectivity index (χ4n) is 2.43. The number of rotatable bonds is 11. The van der Waals surface area contributed by atoms with Gasteiger partial charge in [-0.15, -0.1) is 0 Å². The summed E-state index contributed by atoms with van der Waals surface area (Å²) in [7, 11) is -0.157. The summed E-state index contributed by atoms with van der Waals surface area (Å²) in [6.45, 7) is 10.2. The van der Waals surface area contributed by atoms with Gasteiger partial charge in [0, 0.05) is 6.61 Å². The van der Waals surface area contributed by atoms with E-state index in [1.54, 1.807) is 0 Å². The fraction of sp³-hybridized carbons (Fsp3) is 1.00. The number of nitrogens with zero attached hydrogens (tertiary/aromatic N) is 2. The first-order valence-corrected chi connectivity index (χ1v) is 9.19. The van der Waals surface area contributed by atoms with Gasteiger partial charge in [-0.25, -0.2) is 0 Å². The van der Waals surface area contributed by atoms with Gasteiger partial charge in [-0.2, -0.15) is 0 Å². The summed E-state index contributed by atoms with van der Waals surface area (Å²) in [5, 5.41) is 0. The van der Waals surface area contributed by atoms with Crippen LogP contribution in [0.1, 0.15) is 65.7 Å². The highest BCUT2D eigenvalue weighted by atomic mass is 28.2. The summed E-state index contributed by atoms with van der Waals surface area (Å²) in [5.74, 6) is 0. The van der Waals surface area contributed by atoms with Crippen LogP contribution in [0.5, 0.6) is 0 Å². The number of hydrogen-bond donors (Lipinski definition) is 0. The molecule has 0 aromatic heterocycles. The second-order valence-corrected chi connectivity index (χ2v) is 7.29. The molecule has 0 amide bonds. The van der Waals surface area contributed by atoms with Crippen LogP contribution in [0, 0.1) is 0 Å². The van der Waals surface area contributed by atoms with E-state index in [2.05, 4.69) is 29.9 Å². The van der Waals surface area contributed by atoms with Gasteiger partial charge in [-0.1, -0.05) is 46.5 Å².